The highest BCUT2D eigenvalue weighted by Gasteiger charge is 2.48. The number of rotatable bonds is 26. The molecule has 1 saturated heterocycles. The summed E-state index contributed by atoms with van der Waals surface area (Å²) in [6, 6.07) is 0. The minimum atomic E-state index is -5.47. The van der Waals surface area contributed by atoms with Crippen molar-refractivity contribution in [3.05, 3.63) is 48.6 Å². The Balaban J connectivity index is 2.05. The second-order valence-electron chi connectivity index (χ2n) is 18.5. The lowest BCUT2D eigenvalue weighted by molar-refractivity contribution is -0.213. The molecule has 400 valence electrons. The molecule has 2 rings (SSSR count). The zero-order valence-corrected chi connectivity index (χ0v) is 42.3. The van der Waals surface area contributed by atoms with E-state index in [9.17, 15) is 59.9 Å². The van der Waals surface area contributed by atoms with Gasteiger partial charge < -0.3 is 60.0 Å². The van der Waals surface area contributed by atoms with Crippen LogP contribution in [0.1, 0.15) is 174 Å². The summed E-state index contributed by atoms with van der Waals surface area (Å²) in [5, 5.41) is 89.3. The highest BCUT2D eigenvalue weighted by molar-refractivity contribution is 7.47. The third-order valence-corrected chi connectivity index (χ3v) is 13.4. The summed E-state index contributed by atoms with van der Waals surface area (Å²) in [5.41, 5.74) is 0. The molecule has 1 fully saturated rings. The molecular weight excluding hydrogens is 916 g/mol. The van der Waals surface area contributed by atoms with Gasteiger partial charge in [-0.1, -0.05) is 140 Å². The summed E-state index contributed by atoms with van der Waals surface area (Å²) in [7, 11) is -5.47. The summed E-state index contributed by atoms with van der Waals surface area (Å²) in [4.78, 5) is 36.5. The summed E-state index contributed by atoms with van der Waals surface area (Å²) in [6.07, 6.45) is 12.3. The van der Waals surface area contributed by atoms with Gasteiger partial charge in [0.2, 0.25) is 0 Å². The van der Waals surface area contributed by atoms with Crippen molar-refractivity contribution in [2.24, 2.45) is 5.92 Å². The molecule has 0 amide bonds. The number of phosphoric ester groups is 1. The van der Waals surface area contributed by atoms with Crippen molar-refractivity contribution in [1.82, 2.24) is 0 Å². The van der Waals surface area contributed by atoms with Gasteiger partial charge in [-0.05, 0) is 64.2 Å². The Morgan fingerprint density at radius 3 is 2.06 bits per heavy atom. The van der Waals surface area contributed by atoms with Crippen molar-refractivity contribution >= 4 is 19.8 Å². The van der Waals surface area contributed by atoms with Crippen LogP contribution in [0.4, 0.5) is 0 Å². The first-order chi connectivity index (χ1) is 33.1. The maximum absolute atomic E-state index is 13.5. The number of esters is 2. The van der Waals surface area contributed by atoms with Crippen LogP contribution >= 0.6 is 7.82 Å². The number of unbranched alkanes of at least 4 members (excludes halogenated alkanes) is 14. The zero-order valence-electron chi connectivity index (χ0n) is 41.4. The third kappa shape index (κ3) is 27.9. The molecule has 69 heavy (non-hydrogen) atoms. The van der Waals surface area contributed by atoms with Crippen LogP contribution in [0.5, 0.6) is 0 Å². The standard InChI is InChI=1S/C51H89O17P/c1-3-5-7-8-9-10-11-12-13-14-15-16-17-18-19-20-21-22-27-31-43(54)64-36-39-37-65-69(62,63)68-51-49(60)47(58)42(34-33-38(52)29-25-6-4-2)67-45(56)35-41(53)40(46(57)48(59)50(51)61)30-26-23-24-28-32-44(55)66-39/h9-10,12-13,23,26,33-34,38-42,45-53,56-61H,3-8,11,14-22,24-25,27-32,35-37H2,1-2H3,(H,62,63)/b10-9-,13-12-,26-23-,34-33?/t38-,39+,40-,41-,42+,45?,46+,47+,48-,49+,50+,51+/m0/s1. The number of hydrogen-bond acceptors (Lipinski definition) is 16. The maximum Gasteiger partial charge on any atom is 0.472 e. The molecule has 2 bridgehead atoms. The lowest BCUT2D eigenvalue weighted by Crippen LogP contribution is -2.58. The number of phosphoric acid groups is 1. The lowest BCUT2D eigenvalue weighted by atomic mass is 9.83. The molecule has 0 radical (unpaired) electrons. The molecule has 9 N–H and O–H groups in total. The fourth-order valence-corrected chi connectivity index (χ4v) is 9.16. The normalized spacial score (nSPS) is 31.6. The molecule has 18 heteroatoms. The first-order valence-corrected chi connectivity index (χ1v) is 27.3. The predicted molar refractivity (Wildman–Crippen MR) is 261 cm³/mol. The van der Waals surface area contributed by atoms with Crippen LogP contribution in [0.25, 0.3) is 0 Å². The molecule has 0 spiro atoms. The highest BCUT2D eigenvalue weighted by atomic mass is 31.2. The number of carbonyl (C=O) groups is 2. The monoisotopic (exact) mass is 1000 g/mol. The minimum absolute atomic E-state index is 0.0955. The molecule has 17 nitrogen and oxygen atoms in total. The molecule has 13 atom stereocenters. The Hall–Kier alpha value is -2.35. The molecule has 0 aliphatic carbocycles. The average molecular weight is 1010 g/mol. The van der Waals surface area contributed by atoms with E-state index in [2.05, 4.69) is 31.2 Å². The van der Waals surface area contributed by atoms with Gasteiger partial charge in [-0.15, -0.1) is 0 Å². The molecule has 2 aliphatic rings. The zero-order chi connectivity index (χ0) is 50.9. The summed E-state index contributed by atoms with van der Waals surface area (Å²) in [6.45, 7) is 2.78. The summed E-state index contributed by atoms with van der Waals surface area (Å²) in [5.74, 6) is -2.61. The van der Waals surface area contributed by atoms with Crippen molar-refractivity contribution in [2.45, 2.75) is 242 Å². The van der Waals surface area contributed by atoms with Gasteiger partial charge in [0.15, 0.2) is 12.4 Å². The molecule has 0 aromatic carbocycles. The number of cyclic esters (lactones) is 1. The molecular formula is C51H89O17P. The van der Waals surface area contributed by atoms with Gasteiger partial charge in [-0.2, -0.15) is 0 Å². The third-order valence-electron chi connectivity index (χ3n) is 12.4. The van der Waals surface area contributed by atoms with Crippen molar-refractivity contribution in [3.8, 4) is 0 Å². The molecule has 0 aromatic heterocycles. The SMILES string of the molecule is CCCCC/C=C\C/C=C\CCCCCCCCCCCC(=O)OC[C@@H]1COP(=O)(O)O[C@H]2[C@H](O)[C@@H](O)[C@H](O)[C@@H](C/C=C\CCCC(=O)O1)[C@@H](O)CC(O)O[C@H](C=C[C@@H](O)CCCCC)[C@@H](O)[C@H]2O. The van der Waals surface area contributed by atoms with E-state index in [1.807, 2.05) is 6.92 Å². The quantitative estimate of drug-likeness (QED) is 0.0186. The van der Waals surface area contributed by atoms with Gasteiger partial charge in [-0.3, -0.25) is 18.6 Å². The van der Waals surface area contributed by atoms with Crippen molar-refractivity contribution in [1.29, 1.82) is 0 Å². The van der Waals surface area contributed by atoms with Gasteiger partial charge in [0, 0.05) is 25.2 Å². The number of allylic oxidation sites excluding steroid dienone is 6. The largest absolute Gasteiger partial charge is 0.472 e. The van der Waals surface area contributed by atoms with Crippen molar-refractivity contribution in [2.75, 3.05) is 13.2 Å². The fourth-order valence-electron chi connectivity index (χ4n) is 8.19. The molecule has 0 saturated carbocycles. The highest BCUT2D eigenvalue weighted by Crippen LogP contribution is 2.47. The Morgan fingerprint density at radius 2 is 1.39 bits per heavy atom. The van der Waals surface area contributed by atoms with Crippen LogP contribution in [0.3, 0.4) is 0 Å². The Morgan fingerprint density at radius 1 is 0.783 bits per heavy atom. The summed E-state index contributed by atoms with van der Waals surface area (Å²) >= 11 is 0. The van der Waals surface area contributed by atoms with E-state index in [0.717, 1.165) is 57.4 Å². The lowest BCUT2D eigenvalue weighted by Gasteiger charge is -2.39. The second kappa shape index (κ2) is 37.4. The second-order valence-corrected chi connectivity index (χ2v) is 20.0. The van der Waals surface area contributed by atoms with E-state index in [-0.39, 0.29) is 25.7 Å². The van der Waals surface area contributed by atoms with Crippen LogP contribution in [-0.4, -0.2) is 138 Å². The van der Waals surface area contributed by atoms with Crippen LogP contribution in [0.15, 0.2) is 48.6 Å². The number of aliphatic hydroxyl groups is 8. The van der Waals surface area contributed by atoms with Gasteiger partial charge in [0.1, 0.15) is 43.2 Å². The van der Waals surface area contributed by atoms with Crippen molar-refractivity contribution in [3.63, 3.8) is 0 Å². The van der Waals surface area contributed by atoms with Crippen LogP contribution in [0.2, 0.25) is 0 Å². The molecule has 0 aromatic rings. The van der Waals surface area contributed by atoms with E-state index >= 15 is 0 Å². The van der Waals surface area contributed by atoms with Gasteiger partial charge in [-0.25, -0.2) is 4.57 Å². The Bertz CT molecular complexity index is 1520. The minimum Gasteiger partial charge on any atom is -0.462 e. The maximum atomic E-state index is 13.5. The topological polar surface area (TPSA) is 279 Å². The number of hydrogen-bond donors (Lipinski definition) is 9. The van der Waals surface area contributed by atoms with Crippen molar-refractivity contribution < 1.29 is 83.2 Å². The van der Waals surface area contributed by atoms with E-state index < -0.39 is 113 Å². The van der Waals surface area contributed by atoms with Crippen LogP contribution in [-0.2, 0) is 37.4 Å². The van der Waals surface area contributed by atoms with E-state index in [1.165, 1.54) is 57.4 Å². The Labute approximate surface area is 411 Å². The van der Waals surface area contributed by atoms with E-state index in [0.29, 0.717) is 25.7 Å². The number of aliphatic hydroxyl groups excluding tert-OH is 8. The van der Waals surface area contributed by atoms with E-state index in [1.54, 1.807) is 12.2 Å². The predicted octanol–water partition coefficient (Wildman–Crippen LogP) is 6.83. The number of fused-ring (bicyclic) bond motifs is 4. The summed E-state index contributed by atoms with van der Waals surface area (Å²) < 4.78 is 40.3. The average Bonchev–Trinajstić information content (AvgIpc) is 3.31. The Kier molecular flexibility index (Phi) is 34.0. The first kappa shape index (κ1) is 62.8. The number of ether oxygens (including phenoxy) is 3. The smallest absolute Gasteiger partial charge is 0.462 e. The van der Waals surface area contributed by atoms with Crippen LogP contribution in [0, 0.1) is 5.92 Å². The van der Waals surface area contributed by atoms with Gasteiger partial charge >= 0.3 is 19.8 Å². The molecule has 2 unspecified atom stereocenters. The molecule has 2 aliphatic heterocycles. The fraction of sp³-hybridized carbons (Fsp3) is 0.804. The number of carbonyl (C=O) groups excluding carboxylic acids is 2. The van der Waals surface area contributed by atoms with Gasteiger partial charge in [0.05, 0.1) is 24.9 Å². The first-order valence-electron chi connectivity index (χ1n) is 25.8. The van der Waals surface area contributed by atoms with E-state index in [4.69, 9.17) is 23.3 Å². The molecule has 2 heterocycles. The van der Waals surface area contributed by atoms with Crippen LogP contribution < -0.4 is 0 Å². The van der Waals surface area contributed by atoms with Gasteiger partial charge in [0.25, 0.3) is 0 Å².